The van der Waals surface area contributed by atoms with Crippen LogP contribution in [0.4, 0.5) is 20.3 Å². The normalized spacial score (nSPS) is 17.5. The number of benzene rings is 1. The Bertz CT molecular complexity index is 1450. The molecule has 2 aliphatic rings. The van der Waals surface area contributed by atoms with Crippen LogP contribution in [-0.2, 0) is 6.54 Å². The molecule has 6 rings (SSSR count). The van der Waals surface area contributed by atoms with Crippen LogP contribution in [0.1, 0.15) is 35.3 Å². The van der Waals surface area contributed by atoms with Crippen molar-refractivity contribution in [3.05, 3.63) is 66.2 Å². The molecule has 4 aromatic rings. The number of halogens is 2. The lowest BCUT2D eigenvalue weighted by Crippen LogP contribution is -2.24. The molecule has 8 nitrogen and oxygen atoms in total. The fraction of sp³-hybridized carbons (Fsp3) is 0.333. The quantitative estimate of drug-likeness (QED) is 0.396. The predicted molar refractivity (Wildman–Crippen MR) is 138 cm³/mol. The van der Waals surface area contributed by atoms with Crippen LogP contribution < -0.4 is 10.2 Å². The molecule has 2 fully saturated rings. The zero-order valence-electron chi connectivity index (χ0n) is 20.3. The summed E-state index contributed by atoms with van der Waals surface area (Å²) in [6, 6.07) is 11.3. The number of H-pyrrole nitrogens is 1. The van der Waals surface area contributed by atoms with Gasteiger partial charge < -0.3 is 10.2 Å². The van der Waals surface area contributed by atoms with E-state index in [0.29, 0.717) is 29.9 Å². The molecule has 2 N–H and O–H groups in total. The van der Waals surface area contributed by atoms with Gasteiger partial charge in [0, 0.05) is 73.9 Å². The molecule has 37 heavy (non-hydrogen) atoms. The zero-order valence-corrected chi connectivity index (χ0v) is 20.3. The van der Waals surface area contributed by atoms with E-state index in [1.807, 2.05) is 30.3 Å². The Kier molecular flexibility index (Phi) is 6.03. The van der Waals surface area contributed by atoms with Crippen LogP contribution >= 0.6 is 0 Å². The van der Waals surface area contributed by atoms with Crippen LogP contribution in [0.15, 0.2) is 55.0 Å². The number of fused-ring (bicyclic) bond motifs is 1. The van der Waals surface area contributed by atoms with E-state index in [1.54, 1.807) is 29.6 Å². The topological polar surface area (TPSA) is 90.0 Å². The molecular weight excluding hydrogens is 476 g/mol. The summed E-state index contributed by atoms with van der Waals surface area (Å²) in [6.45, 7) is 2.50. The number of carbonyl (C=O) groups excluding carboxylic acids is 1. The maximum Gasteiger partial charge on any atom is 0.276 e. The highest BCUT2D eigenvalue weighted by atomic mass is 19.3. The minimum atomic E-state index is -2.62. The number of alkyl halides is 2. The molecule has 190 valence electrons. The average Bonchev–Trinajstić information content (AvgIpc) is 3.64. The van der Waals surface area contributed by atoms with Crippen LogP contribution in [0.2, 0.25) is 0 Å². The number of amides is 1. The average molecular weight is 504 g/mol. The molecule has 0 spiro atoms. The molecule has 10 heteroatoms. The molecular formula is C27H27F2N7O. The lowest BCUT2D eigenvalue weighted by molar-refractivity contribution is 0.0115. The van der Waals surface area contributed by atoms with Crippen molar-refractivity contribution in [3.8, 4) is 11.1 Å². The smallest absolute Gasteiger partial charge is 0.276 e. The Morgan fingerprint density at radius 1 is 1.05 bits per heavy atom. The Hall–Kier alpha value is -3.92. The van der Waals surface area contributed by atoms with Crippen LogP contribution in [0.5, 0.6) is 0 Å². The van der Waals surface area contributed by atoms with Gasteiger partial charge in [-0.2, -0.15) is 5.10 Å². The minimum absolute atomic E-state index is 0.110. The number of nitrogens with zero attached hydrogens (tertiary/aromatic N) is 5. The van der Waals surface area contributed by atoms with Crippen molar-refractivity contribution < 1.29 is 13.6 Å². The third-order valence-corrected chi connectivity index (χ3v) is 6.99. The highest BCUT2D eigenvalue weighted by Gasteiger charge is 2.37. The lowest BCUT2D eigenvalue weighted by Gasteiger charge is -2.16. The Labute approximate surface area is 212 Å². The standard InChI is InChI=1S/C27H27F2N7O/c28-27(29)6-10-35(17-27)16-18-11-20(15-30-14-18)19-3-4-23-22(12-19)25(34-33-23)26(37)32-21-5-7-31-24(13-21)36-8-1-2-9-36/h3-5,7,11-15H,1-2,6,8-10,16-17H2,(H,33,34)(H,31,32,37). The molecule has 0 aliphatic carbocycles. The van der Waals surface area contributed by atoms with Crippen LogP contribution in [0.3, 0.4) is 0 Å². The second kappa shape index (κ2) is 9.51. The van der Waals surface area contributed by atoms with Gasteiger partial charge in [0.2, 0.25) is 0 Å². The van der Waals surface area contributed by atoms with E-state index in [-0.39, 0.29) is 18.9 Å². The molecule has 2 saturated heterocycles. The van der Waals surface area contributed by atoms with Crippen LogP contribution in [0, 0.1) is 0 Å². The van der Waals surface area contributed by atoms with Gasteiger partial charge in [-0.05, 0) is 48.2 Å². The Balaban J connectivity index is 1.22. The first-order valence-electron chi connectivity index (χ1n) is 12.5. The number of rotatable bonds is 6. The van der Waals surface area contributed by atoms with Crippen molar-refractivity contribution in [3.63, 3.8) is 0 Å². The van der Waals surface area contributed by atoms with Gasteiger partial charge in [-0.25, -0.2) is 13.8 Å². The summed E-state index contributed by atoms with van der Waals surface area (Å²) >= 11 is 0. The van der Waals surface area contributed by atoms with E-state index in [4.69, 9.17) is 0 Å². The summed E-state index contributed by atoms with van der Waals surface area (Å²) in [5.41, 5.74) is 4.28. The van der Waals surface area contributed by atoms with Crippen molar-refractivity contribution in [2.24, 2.45) is 0 Å². The maximum atomic E-state index is 13.6. The third kappa shape index (κ3) is 5.01. The molecule has 0 bridgehead atoms. The second-order valence-electron chi connectivity index (χ2n) is 9.78. The van der Waals surface area contributed by atoms with E-state index >= 15 is 0 Å². The van der Waals surface area contributed by atoms with Crippen molar-refractivity contribution in [2.45, 2.75) is 31.7 Å². The monoisotopic (exact) mass is 503 g/mol. The number of hydrogen-bond donors (Lipinski definition) is 2. The van der Waals surface area contributed by atoms with Crippen molar-refractivity contribution in [1.29, 1.82) is 0 Å². The van der Waals surface area contributed by atoms with Gasteiger partial charge in [-0.1, -0.05) is 6.07 Å². The number of aromatic nitrogens is 4. The summed E-state index contributed by atoms with van der Waals surface area (Å²) in [5.74, 6) is -2.08. The maximum absolute atomic E-state index is 13.6. The molecule has 3 aromatic heterocycles. The van der Waals surface area contributed by atoms with Crippen LogP contribution in [-0.4, -0.2) is 63.1 Å². The summed E-state index contributed by atoms with van der Waals surface area (Å²) in [6.07, 6.45) is 7.33. The second-order valence-corrected chi connectivity index (χ2v) is 9.78. The van der Waals surface area contributed by atoms with E-state index in [0.717, 1.165) is 54.0 Å². The van der Waals surface area contributed by atoms with Gasteiger partial charge >= 0.3 is 0 Å². The van der Waals surface area contributed by atoms with Gasteiger partial charge in [0.1, 0.15) is 5.82 Å². The molecule has 0 atom stereocenters. The van der Waals surface area contributed by atoms with Gasteiger partial charge in [0.05, 0.1) is 12.1 Å². The first-order chi connectivity index (χ1) is 17.9. The Morgan fingerprint density at radius 2 is 1.92 bits per heavy atom. The fourth-order valence-electron chi connectivity index (χ4n) is 5.10. The number of nitrogens with one attached hydrogen (secondary N) is 2. The number of likely N-dealkylation sites (tertiary alicyclic amines) is 1. The molecule has 0 radical (unpaired) electrons. The number of anilines is 2. The van der Waals surface area contributed by atoms with Gasteiger partial charge in [0.25, 0.3) is 11.8 Å². The Morgan fingerprint density at radius 3 is 2.73 bits per heavy atom. The molecule has 0 unspecified atom stereocenters. The van der Waals surface area contributed by atoms with E-state index in [1.165, 1.54) is 0 Å². The zero-order chi connectivity index (χ0) is 25.4. The highest BCUT2D eigenvalue weighted by Crippen LogP contribution is 2.30. The first-order valence-corrected chi connectivity index (χ1v) is 12.5. The third-order valence-electron chi connectivity index (χ3n) is 6.99. The summed E-state index contributed by atoms with van der Waals surface area (Å²) in [5, 5.41) is 10.8. The predicted octanol–water partition coefficient (Wildman–Crippen LogP) is 4.71. The number of pyridine rings is 2. The fourth-order valence-corrected chi connectivity index (χ4v) is 5.10. The van der Waals surface area contributed by atoms with E-state index in [9.17, 15) is 13.6 Å². The van der Waals surface area contributed by atoms with Crippen molar-refractivity contribution >= 4 is 28.3 Å². The molecule has 2 aliphatic heterocycles. The number of carbonyl (C=O) groups is 1. The van der Waals surface area contributed by atoms with Gasteiger partial charge in [0.15, 0.2) is 5.69 Å². The first kappa shape index (κ1) is 23.5. The van der Waals surface area contributed by atoms with Gasteiger partial charge in [-0.15, -0.1) is 0 Å². The minimum Gasteiger partial charge on any atom is -0.357 e. The summed E-state index contributed by atoms with van der Waals surface area (Å²) in [4.78, 5) is 25.9. The van der Waals surface area contributed by atoms with Crippen LogP contribution in [0.25, 0.3) is 22.0 Å². The number of hydrogen-bond acceptors (Lipinski definition) is 6. The van der Waals surface area contributed by atoms with E-state index in [2.05, 4.69) is 30.4 Å². The summed E-state index contributed by atoms with van der Waals surface area (Å²) in [7, 11) is 0. The molecule has 1 aromatic carbocycles. The van der Waals surface area contributed by atoms with Gasteiger partial charge in [-0.3, -0.25) is 19.8 Å². The lowest BCUT2D eigenvalue weighted by atomic mass is 10.0. The molecule has 5 heterocycles. The molecule has 1 amide bonds. The highest BCUT2D eigenvalue weighted by molar-refractivity contribution is 6.11. The largest absolute Gasteiger partial charge is 0.357 e. The summed E-state index contributed by atoms with van der Waals surface area (Å²) < 4.78 is 27.2. The SMILES string of the molecule is O=C(Nc1ccnc(N2CCCC2)c1)c1n[nH]c2ccc(-c3cncc(CN4CCC(F)(F)C4)c3)cc12. The van der Waals surface area contributed by atoms with E-state index < -0.39 is 5.92 Å². The van der Waals surface area contributed by atoms with Crippen molar-refractivity contribution in [2.75, 3.05) is 36.4 Å². The molecule has 0 saturated carbocycles. The number of aromatic amines is 1. The van der Waals surface area contributed by atoms with Crippen molar-refractivity contribution in [1.82, 2.24) is 25.1 Å².